The van der Waals surface area contributed by atoms with Crippen LogP contribution in [0.3, 0.4) is 0 Å². The summed E-state index contributed by atoms with van der Waals surface area (Å²) in [6, 6.07) is 9.97. The second-order valence-corrected chi connectivity index (χ2v) is 2.89. The van der Waals surface area contributed by atoms with Gasteiger partial charge in [-0.2, -0.15) is 0 Å². The molecule has 0 saturated heterocycles. The number of hydrogen-bond acceptors (Lipinski definition) is 1. The van der Waals surface area contributed by atoms with Crippen LogP contribution in [0.25, 0.3) is 10.9 Å². The molecule has 0 amide bonds. The molecule has 1 nitrogen and oxygen atoms in total. The number of fused-ring (bicyclic) bond motifs is 1. The summed E-state index contributed by atoms with van der Waals surface area (Å²) in [5, 5.41) is 1.15. The summed E-state index contributed by atoms with van der Waals surface area (Å²) in [6.07, 6.45) is 1.79. The summed E-state index contributed by atoms with van der Waals surface area (Å²) in [5.74, 6) is 0.545. The van der Waals surface area contributed by atoms with E-state index in [1.165, 1.54) is 0 Å². The average molecular weight is 178 g/mol. The molecule has 0 radical (unpaired) electrons. The molecule has 12 heavy (non-hydrogen) atoms. The lowest BCUT2D eigenvalue weighted by atomic mass is 10.1. The Morgan fingerprint density at radius 3 is 2.92 bits per heavy atom. The van der Waals surface area contributed by atoms with Crippen LogP contribution >= 0.6 is 11.6 Å². The first-order valence-corrected chi connectivity index (χ1v) is 4.34. The SMILES string of the molecule is ClCc1cccc2ncccc12. The summed E-state index contributed by atoms with van der Waals surface area (Å²) in [6.45, 7) is 0. The maximum Gasteiger partial charge on any atom is 0.0705 e. The van der Waals surface area contributed by atoms with Crippen LogP contribution < -0.4 is 0 Å². The molecule has 0 N–H and O–H groups in total. The van der Waals surface area contributed by atoms with Gasteiger partial charge in [0.25, 0.3) is 0 Å². The fourth-order valence-electron chi connectivity index (χ4n) is 1.28. The highest BCUT2D eigenvalue weighted by molar-refractivity contribution is 6.18. The highest BCUT2D eigenvalue weighted by atomic mass is 35.5. The molecule has 0 atom stereocenters. The van der Waals surface area contributed by atoms with Crippen LogP contribution in [0.4, 0.5) is 0 Å². The summed E-state index contributed by atoms with van der Waals surface area (Å²) >= 11 is 5.78. The second-order valence-electron chi connectivity index (χ2n) is 2.62. The minimum atomic E-state index is 0.545. The smallest absolute Gasteiger partial charge is 0.0705 e. The van der Waals surface area contributed by atoms with E-state index in [1.54, 1.807) is 6.20 Å². The van der Waals surface area contributed by atoms with E-state index in [0.29, 0.717) is 5.88 Å². The Labute approximate surface area is 76.0 Å². The highest BCUT2D eigenvalue weighted by Gasteiger charge is 1.97. The summed E-state index contributed by atoms with van der Waals surface area (Å²) in [4.78, 5) is 4.23. The van der Waals surface area contributed by atoms with Crippen LogP contribution in [0.15, 0.2) is 36.5 Å². The summed E-state index contributed by atoms with van der Waals surface area (Å²) in [7, 11) is 0. The monoisotopic (exact) mass is 177 g/mol. The lowest BCUT2D eigenvalue weighted by molar-refractivity contribution is 1.37. The van der Waals surface area contributed by atoms with Gasteiger partial charge in [-0.3, -0.25) is 4.98 Å². The molecule has 1 aromatic carbocycles. The predicted octanol–water partition coefficient (Wildman–Crippen LogP) is 2.97. The van der Waals surface area contributed by atoms with Crippen molar-refractivity contribution in [3.8, 4) is 0 Å². The van der Waals surface area contributed by atoms with E-state index in [4.69, 9.17) is 11.6 Å². The van der Waals surface area contributed by atoms with E-state index in [2.05, 4.69) is 4.98 Å². The average Bonchev–Trinajstić information content (AvgIpc) is 2.17. The predicted molar refractivity (Wildman–Crippen MR) is 51.3 cm³/mol. The number of halogens is 1. The van der Waals surface area contributed by atoms with Crippen molar-refractivity contribution in [2.75, 3.05) is 0 Å². The van der Waals surface area contributed by atoms with Crippen LogP contribution in [0.2, 0.25) is 0 Å². The fraction of sp³-hybridized carbons (Fsp3) is 0.100. The third-order valence-corrected chi connectivity index (χ3v) is 2.17. The maximum atomic E-state index is 5.78. The van der Waals surface area contributed by atoms with Crippen LogP contribution in [0.5, 0.6) is 0 Å². The normalized spacial score (nSPS) is 10.4. The van der Waals surface area contributed by atoms with Gasteiger partial charge in [-0.1, -0.05) is 18.2 Å². The molecular weight excluding hydrogens is 170 g/mol. The van der Waals surface area contributed by atoms with Crippen molar-refractivity contribution in [1.82, 2.24) is 4.98 Å². The Kier molecular flexibility index (Phi) is 1.96. The molecule has 0 aliphatic heterocycles. The first kappa shape index (κ1) is 7.56. The van der Waals surface area contributed by atoms with Crippen LogP contribution in [-0.2, 0) is 5.88 Å². The standard InChI is InChI=1S/C10H8ClN/c11-7-8-3-1-5-10-9(8)4-2-6-12-10/h1-6H,7H2. The number of hydrogen-bond donors (Lipinski definition) is 0. The van der Waals surface area contributed by atoms with E-state index < -0.39 is 0 Å². The number of rotatable bonds is 1. The van der Waals surface area contributed by atoms with Gasteiger partial charge in [-0.25, -0.2) is 0 Å². The lowest BCUT2D eigenvalue weighted by Gasteiger charge is -2.00. The van der Waals surface area contributed by atoms with Crippen molar-refractivity contribution >= 4 is 22.5 Å². The zero-order chi connectivity index (χ0) is 8.39. The number of pyridine rings is 1. The Morgan fingerprint density at radius 1 is 1.17 bits per heavy atom. The third kappa shape index (κ3) is 1.16. The van der Waals surface area contributed by atoms with Gasteiger partial charge in [0.1, 0.15) is 0 Å². The van der Waals surface area contributed by atoms with Gasteiger partial charge in [0.15, 0.2) is 0 Å². The zero-order valence-corrected chi connectivity index (χ0v) is 7.25. The molecule has 2 heteroatoms. The van der Waals surface area contributed by atoms with Gasteiger partial charge in [0.2, 0.25) is 0 Å². The van der Waals surface area contributed by atoms with Crippen molar-refractivity contribution < 1.29 is 0 Å². The van der Waals surface area contributed by atoms with Crippen molar-refractivity contribution in [3.63, 3.8) is 0 Å². The molecule has 0 bridgehead atoms. The lowest BCUT2D eigenvalue weighted by Crippen LogP contribution is -1.82. The quantitative estimate of drug-likeness (QED) is 0.611. The molecule has 0 aliphatic carbocycles. The van der Waals surface area contributed by atoms with E-state index >= 15 is 0 Å². The molecule has 1 aromatic heterocycles. The third-order valence-electron chi connectivity index (χ3n) is 1.88. The van der Waals surface area contributed by atoms with Crippen LogP contribution in [0.1, 0.15) is 5.56 Å². The Balaban J connectivity index is 2.79. The molecule has 0 saturated carbocycles. The van der Waals surface area contributed by atoms with E-state index in [1.807, 2.05) is 30.3 Å². The molecule has 2 rings (SSSR count). The molecule has 2 aromatic rings. The number of benzene rings is 1. The second kappa shape index (κ2) is 3.11. The first-order valence-electron chi connectivity index (χ1n) is 3.80. The van der Waals surface area contributed by atoms with E-state index in [-0.39, 0.29) is 0 Å². The molecule has 0 spiro atoms. The van der Waals surface area contributed by atoms with Crippen molar-refractivity contribution in [2.45, 2.75) is 5.88 Å². The molecule has 60 valence electrons. The fourth-order valence-corrected chi connectivity index (χ4v) is 1.52. The topological polar surface area (TPSA) is 12.9 Å². The van der Waals surface area contributed by atoms with Gasteiger partial charge in [-0.15, -0.1) is 11.6 Å². The highest BCUT2D eigenvalue weighted by Crippen LogP contribution is 2.17. The Hall–Kier alpha value is -1.08. The number of nitrogens with zero attached hydrogens (tertiary/aromatic N) is 1. The Morgan fingerprint density at radius 2 is 2.08 bits per heavy atom. The summed E-state index contributed by atoms with van der Waals surface area (Å²) in [5.41, 5.74) is 2.15. The molecule has 0 aliphatic rings. The maximum absolute atomic E-state index is 5.78. The Bertz CT molecular complexity index is 392. The van der Waals surface area contributed by atoms with Crippen LogP contribution in [0, 0.1) is 0 Å². The van der Waals surface area contributed by atoms with Crippen molar-refractivity contribution in [1.29, 1.82) is 0 Å². The van der Waals surface area contributed by atoms with Crippen molar-refractivity contribution in [2.24, 2.45) is 0 Å². The van der Waals surface area contributed by atoms with Gasteiger partial charge in [0, 0.05) is 17.5 Å². The molecule has 0 fully saturated rings. The van der Waals surface area contributed by atoms with Gasteiger partial charge in [-0.05, 0) is 17.7 Å². The zero-order valence-electron chi connectivity index (χ0n) is 6.50. The van der Waals surface area contributed by atoms with E-state index in [0.717, 1.165) is 16.5 Å². The van der Waals surface area contributed by atoms with Crippen molar-refractivity contribution in [3.05, 3.63) is 42.1 Å². The molecule has 0 unspecified atom stereocenters. The van der Waals surface area contributed by atoms with Crippen LogP contribution in [-0.4, -0.2) is 4.98 Å². The van der Waals surface area contributed by atoms with E-state index in [9.17, 15) is 0 Å². The minimum absolute atomic E-state index is 0.545. The first-order chi connectivity index (χ1) is 5.92. The number of aromatic nitrogens is 1. The van der Waals surface area contributed by atoms with Gasteiger partial charge in [0.05, 0.1) is 5.52 Å². The minimum Gasteiger partial charge on any atom is -0.256 e. The summed E-state index contributed by atoms with van der Waals surface area (Å²) < 4.78 is 0. The van der Waals surface area contributed by atoms with Gasteiger partial charge >= 0.3 is 0 Å². The number of alkyl halides is 1. The molecular formula is C10H8ClN. The van der Waals surface area contributed by atoms with Gasteiger partial charge < -0.3 is 0 Å². The largest absolute Gasteiger partial charge is 0.256 e. The molecule has 1 heterocycles.